The molecule has 0 saturated carbocycles. The number of hydrogen-bond donors (Lipinski definition) is 2. The van der Waals surface area contributed by atoms with Gasteiger partial charge in [0.1, 0.15) is 0 Å². The minimum absolute atomic E-state index is 0.0372. The number of aliphatic hydroxyl groups is 1. The van der Waals surface area contributed by atoms with Crippen molar-refractivity contribution in [1.29, 1.82) is 0 Å². The molecule has 0 aliphatic carbocycles. The summed E-state index contributed by atoms with van der Waals surface area (Å²) in [6.07, 6.45) is 1.77. The molecule has 0 unspecified atom stereocenters. The third-order valence-corrected chi connectivity index (χ3v) is 3.55. The average molecular weight is 307 g/mol. The van der Waals surface area contributed by atoms with Crippen molar-refractivity contribution in [2.45, 2.75) is 13.0 Å². The number of aliphatic hydroxyl groups excluding tert-OH is 1. The molecule has 0 aliphatic heterocycles. The fraction of sp³-hybridized carbons (Fsp3) is 0.214. The van der Waals surface area contributed by atoms with Gasteiger partial charge in [-0.2, -0.15) is 0 Å². The highest BCUT2D eigenvalue weighted by Crippen LogP contribution is 2.22. The minimum Gasteiger partial charge on any atom is -0.394 e. The summed E-state index contributed by atoms with van der Waals surface area (Å²) in [6, 6.07) is 11.7. The highest BCUT2D eigenvalue weighted by molar-refractivity contribution is 9.10. The van der Waals surface area contributed by atoms with Crippen LogP contribution in [0.3, 0.4) is 0 Å². The van der Waals surface area contributed by atoms with Crippen LogP contribution in [0.5, 0.6) is 0 Å². The first kappa shape index (κ1) is 13.1. The van der Waals surface area contributed by atoms with Crippen LogP contribution in [0.15, 0.2) is 47.1 Å². The Labute approximate surface area is 115 Å². The summed E-state index contributed by atoms with van der Waals surface area (Å²) in [5.41, 5.74) is 2.88. The Morgan fingerprint density at radius 3 is 2.67 bits per heavy atom. The van der Waals surface area contributed by atoms with Gasteiger partial charge in [-0.05, 0) is 34.5 Å². The summed E-state index contributed by atoms with van der Waals surface area (Å²) in [7, 11) is 0. The SMILES string of the molecule is Cc1ncc(N[C@@H](CO)c2ccccc2)cc1Br. The maximum Gasteiger partial charge on any atom is 0.0745 e. The Hall–Kier alpha value is -1.39. The molecule has 2 rings (SSSR count). The average Bonchev–Trinajstić information content (AvgIpc) is 2.41. The Morgan fingerprint density at radius 2 is 2.06 bits per heavy atom. The Morgan fingerprint density at radius 1 is 1.33 bits per heavy atom. The van der Waals surface area contributed by atoms with Crippen molar-refractivity contribution in [2.75, 3.05) is 11.9 Å². The van der Waals surface area contributed by atoms with Crippen LogP contribution < -0.4 is 5.32 Å². The van der Waals surface area contributed by atoms with Crippen LogP contribution in [0.4, 0.5) is 5.69 Å². The first-order valence-corrected chi connectivity index (χ1v) is 6.54. The first-order valence-electron chi connectivity index (χ1n) is 5.75. The van der Waals surface area contributed by atoms with E-state index in [-0.39, 0.29) is 12.6 Å². The van der Waals surface area contributed by atoms with E-state index in [4.69, 9.17) is 0 Å². The van der Waals surface area contributed by atoms with E-state index in [2.05, 4.69) is 26.2 Å². The number of nitrogens with zero attached hydrogens (tertiary/aromatic N) is 1. The largest absolute Gasteiger partial charge is 0.394 e. The number of nitrogens with one attached hydrogen (secondary N) is 1. The molecule has 0 radical (unpaired) electrons. The van der Waals surface area contributed by atoms with Crippen LogP contribution in [-0.4, -0.2) is 16.7 Å². The summed E-state index contributed by atoms with van der Waals surface area (Å²) in [4.78, 5) is 4.27. The van der Waals surface area contributed by atoms with Gasteiger partial charge in [0.25, 0.3) is 0 Å². The van der Waals surface area contributed by atoms with E-state index >= 15 is 0 Å². The third kappa shape index (κ3) is 3.09. The van der Waals surface area contributed by atoms with Crippen LogP contribution in [0.1, 0.15) is 17.3 Å². The molecule has 0 fully saturated rings. The number of pyridine rings is 1. The summed E-state index contributed by atoms with van der Waals surface area (Å²) in [5.74, 6) is 0. The lowest BCUT2D eigenvalue weighted by atomic mass is 10.1. The van der Waals surface area contributed by atoms with Crippen molar-refractivity contribution in [3.63, 3.8) is 0 Å². The second kappa shape index (κ2) is 5.98. The molecule has 1 aromatic carbocycles. The van der Waals surface area contributed by atoms with E-state index in [1.165, 1.54) is 0 Å². The molecule has 1 heterocycles. The molecule has 1 aromatic heterocycles. The maximum absolute atomic E-state index is 9.47. The zero-order valence-corrected chi connectivity index (χ0v) is 11.7. The lowest BCUT2D eigenvalue weighted by Gasteiger charge is -2.18. The summed E-state index contributed by atoms with van der Waals surface area (Å²) >= 11 is 3.45. The van der Waals surface area contributed by atoms with E-state index in [9.17, 15) is 5.11 Å². The monoisotopic (exact) mass is 306 g/mol. The number of anilines is 1. The van der Waals surface area contributed by atoms with Crippen LogP contribution >= 0.6 is 15.9 Å². The molecule has 94 valence electrons. The standard InChI is InChI=1S/C14H15BrN2O/c1-10-13(15)7-12(8-16-10)17-14(9-18)11-5-3-2-4-6-11/h2-8,14,17-18H,9H2,1H3/t14-/m0/s1. The fourth-order valence-electron chi connectivity index (χ4n) is 1.71. The first-order chi connectivity index (χ1) is 8.70. The Bertz CT molecular complexity index is 516. The van der Waals surface area contributed by atoms with E-state index < -0.39 is 0 Å². The van der Waals surface area contributed by atoms with Crippen molar-refractivity contribution in [1.82, 2.24) is 4.98 Å². The van der Waals surface area contributed by atoms with Gasteiger partial charge >= 0.3 is 0 Å². The zero-order valence-electron chi connectivity index (χ0n) is 10.1. The van der Waals surface area contributed by atoms with E-state index in [0.717, 1.165) is 21.4 Å². The number of rotatable bonds is 4. The molecule has 0 bridgehead atoms. The molecule has 1 atom stereocenters. The van der Waals surface area contributed by atoms with Crippen molar-refractivity contribution in [3.05, 3.63) is 58.3 Å². The van der Waals surface area contributed by atoms with Crippen molar-refractivity contribution < 1.29 is 5.11 Å². The predicted molar refractivity (Wildman–Crippen MR) is 76.6 cm³/mol. The predicted octanol–water partition coefficient (Wildman–Crippen LogP) is 3.30. The van der Waals surface area contributed by atoms with Crippen molar-refractivity contribution in [2.24, 2.45) is 0 Å². The Balaban J connectivity index is 2.18. The van der Waals surface area contributed by atoms with Gasteiger partial charge in [0.2, 0.25) is 0 Å². The lowest BCUT2D eigenvalue weighted by molar-refractivity contribution is 0.276. The maximum atomic E-state index is 9.47. The molecule has 0 spiro atoms. The van der Waals surface area contributed by atoms with E-state index in [1.807, 2.05) is 43.3 Å². The number of aromatic nitrogens is 1. The van der Waals surface area contributed by atoms with Gasteiger partial charge < -0.3 is 10.4 Å². The molecule has 3 nitrogen and oxygen atoms in total. The minimum atomic E-state index is -0.123. The van der Waals surface area contributed by atoms with Gasteiger partial charge in [0.05, 0.1) is 30.2 Å². The normalized spacial score (nSPS) is 12.2. The van der Waals surface area contributed by atoms with Crippen molar-refractivity contribution in [3.8, 4) is 0 Å². The second-order valence-corrected chi connectivity index (χ2v) is 4.94. The number of benzene rings is 1. The van der Waals surface area contributed by atoms with Gasteiger partial charge in [-0.25, -0.2) is 0 Å². The topological polar surface area (TPSA) is 45.2 Å². The van der Waals surface area contributed by atoms with Gasteiger partial charge in [-0.1, -0.05) is 30.3 Å². The smallest absolute Gasteiger partial charge is 0.0745 e. The molecule has 0 amide bonds. The van der Waals surface area contributed by atoms with E-state index in [1.54, 1.807) is 6.20 Å². The van der Waals surface area contributed by atoms with Gasteiger partial charge in [-0.15, -0.1) is 0 Å². The molecule has 2 aromatic rings. The second-order valence-electron chi connectivity index (χ2n) is 4.08. The molecule has 2 N–H and O–H groups in total. The zero-order chi connectivity index (χ0) is 13.0. The third-order valence-electron chi connectivity index (χ3n) is 2.75. The summed E-state index contributed by atoms with van der Waals surface area (Å²) < 4.78 is 0.956. The van der Waals surface area contributed by atoms with Gasteiger partial charge in [0.15, 0.2) is 0 Å². The quantitative estimate of drug-likeness (QED) is 0.911. The number of aryl methyl sites for hydroxylation is 1. The molecule has 4 heteroatoms. The number of hydrogen-bond acceptors (Lipinski definition) is 3. The summed E-state index contributed by atoms with van der Waals surface area (Å²) in [5, 5.41) is 12.7. The van der Waals surface area contributed by atoms with E-state index in [0.29, 0.717) is 0 Å². The summed E-state index contributed by atoms with van der Waals surface area (Å²) in [6.45, 7) is 1.98. The van der Waals surface area contributed by atoms with Crippen molar-refractivity contribution >= 4 is 21.6 Å². The molecular formula is C14H15BrN2O. The highest BCUT2D eigenvalue weighted by atomic mass is 79.9. The fourth-order valence-corrected chi connectivity index (χ4v) is 2.06. The van der Waals surface area contributed by atoms with Crippen LogP contribution in [-0.2, 0) is 0 Å². The number of halogens is 1. The molecular weight excluding hydrogens is 292 g/mol. The lowest BCUT2D eigenvalue weighted by Crippen LogP contribution is -2.14. The van der Waals surface area contributed by atoms with Crippen LogP contribution in [0.25, 0.3) is 0 Å². The van der Waals surface area contributed by atoms with Gasteiger partial charge in [-0.3, -0.25) is 4.98 Å². The van der Waals surface area contributed by atoms with Crippen LogP contribution in [0, 0.1) is 6.92 Å². The Kier molecular flexibility index (Phi) is 4.33. The highest BCUT2D eigenvalue weighted by Gasteiger charge is 2.10. The van der Waals surface area contributed by atoms with Crippen LogP contribution in [0.2, 0.25) is 0 Å². The van der Waals surface area contributed by atoms with Gasteiger partial charge in [0, 0.05) is 4.47 Å². The molecule has 0 saturated heterocycles. The molecule has 18 heavy (non-hydrogen) atoms. The molecule has 0 aliphatic rings.